The molecule has 1 fully saturated rings. The highest BCUT2D eigenvalue weighted by Crippen LogP contribution is 2.40. The molecule has 0 aliphatic carbocycles. The fraction of sp³-hybridized carbons (Fsp3) is 0.400. The van der Waals surface area contributed by atoms with E-state index >= 15 is 0 Å². The van der Waals surface area contributed by atoms with Crippen LogP contribution in [0.5, 0.6) is 5.75 Å². The number of aliphatic carboxylic acids is 2. The van der Waals surface area contributed by atoms with E-state index in [-0.39, 0.29) is 11.7 Å². The van der Waals surface area contributed by atoms with Crippen LogP contribution >= 0.6 is 0 Å². The van der Waals surface area contributed by atoms with Crippen LogP contribution in [0.4, 0.5) is 30.7 Å². The molecule has 2 aliphatic heterocycles. The largest absolute Gasteiger partial charge is 0.497 e. The highest BCUT2D eigenvalue weighted by molar-refractivity contribution is 5.81. The molecular weight excluding hydrogens is 661 g/mol. The smallest absolute Gasteiger partial charge is 0.490 e. The van der Waals surface area contributed by atoms with Gasteiger partial charge in [0.2, 0.25) is 0 Å². The summed E-state index contributed by atoms with van der Waals surface area (Å²) in [5.74, 6) is -4.21. The van der Waals surface area contributed by atoms with Crippen molar-refractivity contribution in [2.45, 2.75) is 56.5 Å². The summed E-state index contributed by atoms with van der Waals surface area (Å²) in [6, 6.07) is 14.3. The van der Waals surface area contributed by atoms with Crippen molar-refractivity contribution in [3.8, 4) is 5.75 Å². The minimum atomic E-state index is -5.08. The van der Waals surface area contributed by atoms with E-state index in [1.54, 1.807) is 13.3 Å². The van der Waals surface area contributed by atoms with Crippen LogP contribution in [0.2, 0.25) is 0 Å². The summed E-state index contributed by atoms with van der Waals surface area (Å²) in [7, 11) is 1.63. The van der Waals surface area contributed by atoms with Crippen LogP contribution in [0.15, 0.2) is 60.9 Å². The number of amides is 1. The molecule has 2 aromatic carbocycles. The van der Waals surface area contributed by atoms with Crippen LogP contribution in [-0.2, 0) is 44.4 Å². The number of piperidine rings is 1. The number of likely N-dealkylation sites (tertiary alicyclic amines) is 1. The minimum Gasteiger partial charge on any atom is -0.497 e. The standard InChI is InChI=1S/C26H29FN4O3.2C2HF3O2/c1-33-22-4-2-3-20(15-22)16-29-24(32)23-18-31-14-11-28-25(31)26(34-23)9-12-30(13-10-26)17-19-5-7-21(27)8-6-19;2*3-2(4,5)1(6)7/h2-8,11,14-15,23H,9-10,12-13,16-18H2,1H3,(H,29,32);2*(H,6,7). The van der Waals surface area contributed by atoms with Gasteiger partial charge in [-0.2, -0.15) is 26.3 Å². The molecule has 0 saturated carbocycles. The average molecular weight is 693 g/mol. The molecule has 3 aromatic rings. The molecule has 1 unspecified atom stereocenters. The predicted octanol–water partition coefficient (Wildman–Crippen LogP) is 4.50. The summed E-state index contributed by atoms with van der Waals surface area (Å²) >= 11 is 0. The number of aromatic nitrogens is 2. The number of nitrogens with one attached hydrogen (secondary N) is 1. The number of alkyl halides is 6. The molecule has 1 aromatic heterocycles. The summed E-state index contributed by atoms with van der Waals surface area (Å²) in [5, 5.41) is 17.3. The van der Waals surface area contributed by atoms with Crippen molar-refractivity contribution in [2.24, 2.45) is 0 Å². The van der Waals surface area contributed by atoms with Gasteiger partial charge in [0, 0.05) is 38.6 Å². The van der Waals surface area contributed by atoms with Gasteiger partial charge in [-0.25, -0.2) is 19.0 Å². The number of imidazole rings is 1. The van der Waals surface area contributed by atoms with Crippen molar-refractivity contribution in [1.82, 2.24) is 19.8 Å². The number of carboxylic acid groups (broad SMARTS) is 2. The Bertz CT molecular complexity index is 1510. The van der Waals surface area contributed by atoms with Gasteiger partial charge >= 0.3 is 24.3 Å². The fourth-order valence-electron chi connectivity index (χ4n) is 4.88. The molecule has 262 valence electrons. The lowest BCUT2D eigenvalue weighted by Crippen LogP contribution is -2.53. The quantitative estimate of drug-likeness (QED) is 0.318. The van der Waals surface area contributed by atoms with Crippen molar-refractivity contribution in [3.63, 3.8) is 0 Å². The summed E-state index contributed by atoms with van der Waals surface area (Å²) in [5.41, 5.74) is 1.47. The van der Waals surface area contributed by atoms with Gasteiger partial charge in [0.1, 0.15) is 23.0 Å². The lowest BCUT2D eigenvalue weighted by Gasteiger charge is -2.45. The number of carbonyl (C=O) groups excluding carboxylic acids is 1. The molecular formula is C30H31F7N4O7. The number of carboxylic acids is 2. The normalized spacial score (nSPS) is 17.1. The van der Waals surface area contributed by atoms with E-state index in [0.717, 1.165) is 55.2 Å². The average Bonchev–Trinajstić information content (AvgIpc) is 3.52. The molecule has 0 radical (unpaired) electrons. The number of methoxy groups -OCH3 is 1. The molecule has 1 saturated heterocycles. The zero-order valence-corrected chi connectivity index (χ0v) is 25.2. The first-order valence-corrected chi connectivity index (χ1v) is 14.1. The number of ether oxygens (including phenoxy) is 2. The van der Waals surface area contributed by atoms with Crippen molar-refractivity contribution in [3.05, 3.63) is 83.7 Å². The van der Waals surface area contributed by atoms with Gasteiger partial charge in [0.15, 0.2) is 6.10 Å². The first-order valence-electron chi connectivity index (χ1n) is 14.1. The van der Waals surface area contributed by atoms with Gasteiger partial charge < -0.3 is 29.6 Å². The maximum absolute atomic E-state index is 13.2. The zero-order chi connectivity index (χ0) is 35.7. The van der Waals surface area contributed by atoms with Gasteiger partial charge in [-0.15, -0.1) is 0 Å². The number of nitrogens with zero attached hydrogens (tertiary/aromatic N) is 3. The Hall–Kier alpha value is -4.71. The second-order valence-corrected chi connectivity index (χ2v) is 10.6. The molecule has 11 nitrogen and oxygen atoms in total. The van der Waals surface area contributed by atoms with Gasteiger partial charge in [0.25, 0.3) is 5.91 Å². The lowest BCUT2D eigenvalue weighted by molar-refractivity contribution is -0.193. The second kappa shape index (κ2) is 15.9. The van der Waals surface area contributed by atoms with Gasteiger partial charge in [-0.05, 0) is 48.2 Å². The maximum atomic E-state index is 13.2. The maximum Gasteiger partial charge on any atom is 0.490 e. The molecule has 2 aliphatic rings. The van der Waals surface area contributed by atoms with E-state index in [4.69, 9.17) is 29.3 Å². The van der Waals surface area contributed by atoms with E-state index in [1.807, 2.05) is 42.6 Å². The Morgan fingerprint density at radius 1 is 0.979 bits per heavy atom. The number of hydrogen-bond donors (Lipinski definition) is 3. The van der Waals surface area contributed by atoms with Gasteiger partial charge in [-0.3, -0.25) is 9.69 Å². The number of carbonyl (C=O) groups is 3. The molecule has 1 atom stereocenters. The molecule has 5 rings (SSSR count). The highest BCUT2D eigenvalue weighted by Gasteiger charge is 2.47. The minimum absolute atomic E-state index is 0.129. The summed E-state index contributed by atoms with van der Waals surface area (Å²) in [6.07, 6.45) is -5.57. The number of halogens is 7. The van der Waals surface area contributed by atoms with Crippen LogP contribution in [0, 0.1) is 5.82 Å². The summed E-state index contributed by atoms with van der Waals surface area (Å²) in [6.45, 7) is 3.23. The van der Waals surface area contributed by atoms with Crippen molar-refractivity contribution < 1.29 is 64.8 Å². The zero-order valence-electron chi connectivity index (χ0n) is 25.2. The van der Waals surface area contributed by atoms with E-state index < -0.39 is 36.0 Å². The lowest BCUT2D eigenvalue weighted by atomic mass is 9.88. The van der Waals surface area contributed by atoms with Crippen molar-refractivity contribution in [2.75, 3.05) is 20.2 Å². The van der Waals surface area contributed by atoms with Gasteiger partial charge in [0.05, 0.1) is 13.7 Å². The van der Waals surface area contributed by atoms with Crippen LogP contribution in [-0.4, -0.2) is 81.2 Å². The molecule has 1 amide bonds. The SMILES string of the molecule is COc1cccc(CNC(=O)C2Cn3ccnc3C3(CCN(Cc4ccc(F)cc4)CC3)O2)c1.O=C(O)C(F)(F)F.O=C(O)C(F)(F)F. The third kappa shape index (κ3) is 10.7. The molecule has 0 bridgehead atoms. The van der Waals surface area contributed by atoms with Crippen molar-refractivity contribution in [1.29, 1.82) is 0 Å². The third-order valence-electron chi connectivity index (χ3n) is 7.21. The van der Waals surface area contributed by atoms with Gasteiger partial charge in [-0.1, -0.05) is 24.3 Å². The Morgan fingerprint density at radius 2 is 1.56 bits per heavy atom. The van der Waals surface area contributed by atoms with E-state index in [1.165, 1.54) is 12.1 Å². The fourth-order valence-corrected chi connectivity index (χ4v) is 4.88. The molecule has 3 heterocycles. The topological polar surface area (TPSA) is 143 Å². The highest BCUT2D eigenvalue weighted by atomic mass is 19.4. The first-order chi connectivity index (χ1) is 22.4. The number of rotatable bonds is 6. The summed E-state index contributed by atoms with van der Waals surface area (Å²) in [4.78, 5) is 37.8. The molecule has 3 N–H and O–H groups in total. The Labute approximate surface area is 268 Å². The second-order valence-electron chi connectivity index (χ2n) is 10.6. The number of hydrogen-bond acceptors (Lipinski definition) is 7. The third-order valence-corrected chi connectivity index (χ3v) is 7.21. The first kappa shape index (κ1) is 37.7. The van der Waals surface area contributed by atoms with Crippen LogP contribution in [0.1, 0.15) is 29.8 Å². The van der Waals surface area contributed by atoms with Crippen LogP contribution in [0.3, 0.4) is 0 Å². The molecule has 48 heavy (non-hydrogen) atoms. The summed E-state index contributed by atoms with van der Waals surface area (Å²) < 4.78 is 90.5. The monoisotopic (exact) mass is 692 g/mol. The predicted molar refractivity (Wildman–Crippen MR) is 152 cm³/mol. The Balaban J connectivity index is 0.000000376. The van der Waals surface area contributed by atoms with Crippen LogP contribution < -0.4 is 10.1 Å². The molecule has 1 spiro atoms. The van der Waals surface area contributed by atoms with Crippen molar-refractivity contribution >= 4 is 17.8 Å². The number of fused-ring (bicyclic) bond motifs is 2. The van der Waals surface area contributed by atoms with E-state index in [9.17, 15) is 35.5 Å². The number of benzene rings is 2. The Morgan fingerprint density at radius 3 is 2.10 bits per heavy atom. The van der Waals surface area contributed by atoms with E-state index in [0.29, 0.717) is 13.1 Å². The van der Waals surface area contributed by atoms with Crippen LogP contribution in [0.25, 0.3) is 0 Å². The Kier molecular flexibility index (Phi) is 12.5. The molecule has 18 heteroatoms. The van der Waals surface area contributed by atoms with E-state index in [2.05, 4.69) is 19.8 Å².